The number of esters is 2. The number of aryl methyl sites for hydroxylation is 6. The number of carbonyl (C=O) groups is 3. The van der Waals surface area contributed by atoms with Crippen molar-refractivity contribution in [3.8, 4) is 0 Å². The van der Waals surface area contributed by atoms with E-state index in [1.54, 1.807) is 45.3 Å². The molecule has 0 aliphatic carbocycles. The summed E-state index contributed by atoms with van der Waals surface area (Å²) in [4.78, 5) is 53.9. The van der Waals surface area contributed by atoms with E-state index in [-0.39, 0.29) is 29.7 Å². The van der Waals surface area contributed by atoms with Crippen LogP contribution >= 0.6 is 99.9 Å². The highest BCUT2D eigenvalue weighted by Gasteiger charge is 2.29. The Morgan fingerprint density at radius 1 is 0.533 bits per heavy atom. The molecule has 0 bridgehead atoms. The Kier molecular flexibility index (Phi) is 34.7. The number of aliphatic hydroxyl groups excluding tert-OH is 1. The number of ether oxygens (including phenoxy) is 2. The number of nitrogens with zero attached hydrogens (tertiary/aromatic N) is 6. The number of rotatable bonds is 27. The van der Waals surface area contributed by atoms with E-state index in [1.165, 1.54) is 79.4 Å². The number of thiophene rings is 6. The first-order valence-corrected chi connectivity index (χ1v) is 39.0. The average Bonchev–Trinajstić information content (AvgIpc) is 3.03. The maximum absolute atomic E-state index is 12.4. The van der Waals surface area contributed by atoms with Gasteiger partial charge in [0.1, 0.15) is 0 Å². The van der Waals surface area contributed by atoms with Gasteiger partial charge in [-0.1, -0.05) is 55.2 Å². The van der Waals surface area contributed by atoms with Gasteiger partial charge in [0.15, 0.2) is 0 Å². The minimum absolute atomic E-state index is 0.0182. The number of azide groups is 1. The van der Waals surface area contributed by atoms with Crippen LogP contribution < -0.4 is 0 Å². The molecule has 21 heteroatoms. The molecule has 3 saturated heterocycles. The Morgan fingerprint density at radius 2 is 0.844 bits per heavy atom. The van der Waals surface area contributed by atoms with Crippen LogP contribution in [0, 0.1) is 59.3 Å². The fourth-order valence-electron chi connectivity index (χ4n) is 11.2. The summed E-state index contributed by atoms with van der Waals surface area (Å²) >= 11 is 17.4. The van der Waals surface area contributed by atoms with Gasteiger partial charge in [-0.2, -0.15) is 0 Å². The van der Waals surface area contributed by atoms with Gasteiger partial charge < -0.3 is 34.4 Å². The summed E-state index contributed by atoms with van der Waals surface area (Å²) in [5.41, 5.74) is 20.3. The molecule has 0 amide bonds. The lowest BCUT2D eigenvalue weighted by Gasteiger charge is -2.31. The van der Waals surface area contributed by atoms with Crippen molar-refractivity contribution < 1.29 is 34.1 Å². The maximum atomic E-state index is 12.4. The molecule has 0 spiro atoms. The highest BCUT2D eigenvalue weighted by molar-refractivity contribution is 9.09. The predicted molar refractivity (Wildman–Crippen MR) is 389 cm³/mol. The summed E-state index contributed by atoms with van der Waals surface area (Å²) in [6.07, 6.45) is 18.1. The van der Waals surface area contributed by atoms with Crippen molar-refractivity contribution in [2.75, 3.05) is 95.9 Å². The van der Waals surface area contributed by atoms with E-state index < -0.39 is 5.97 Å². The first-order valence-electron chi connectivity index (χ1n) is 31.5. The van der Waals surface area contributed by atoms with Gasteiger partial charge in [-0.15, -0.1) is 68.0 Å². The van der Waals surface area contributed by atoms with Crippen LogP contribution in [0.25, 0.3) is 27.2 Å². The van der Waals surface area contributed by atoms with Crippen molar-refractivity contribution in [2.45, 2.75) is 119 Å². The monoisotopic (exact) mass is 1470 g/mol. The molecule has 0 radical (unpaired) electrons. The van der Waals surface area contributed by atoms with E-state index in [4.69, 9.17) is 20.1 Å². The van der Waals surface area contributed by atoms with E-state index in [1.807, 2.05) is 22.7 Å². The van der Waals surface area contributed by atoms with E-state index in [2.05, 4.69) is 185 Å². The number of carboxylic acids is 1. The largest absolute Gasteiger partial charge is 0.481 e. The summed E-state index contributed by atoms with van der Waals surface area (Å²) in [6, 6.07) is 13.1. The molecule has 3 aliphatic rings. The van der Waals surface area contributed by atoms with Crippen molar-refractivity contribution in [3.63, 3.8) is 0 Å². The Balaban J connectivity index is 0.000000208. The van der Waals surface area contributed by atoms with Crippen LogP contribution in [0.4, 0.5) is 0 Å². The molecule has 6 aromatic rings. The Bertz CT molecular complexity index is 3130. The van der Waals surface area contributed by atoms with Crippen LogP contribution in [0.2, 0.25) is 0 Å². The number of likely N-dealkylation sites (tertiary alicyclic amines) is 3. The molecule has 3 fully saturated rings. The van der Waals surface area contributed by atoms with Crippen LogP contribution in [0.5, 0.6) is 0 Å². The quantitative estimate of drug-likeness (QED) is 0.0126. The molecule has 13 nitrogen and oxygen atoms in total. The molecular weight excluding hydrogens is 1380 g/mol. The third kappa shape index (κ3) is 24.4. The minimum Gasteiger partial charge on any atom is -0.481 e. The lowest BCUT2D eigenvalue weighted by atomic mass is 9.98. The molecule has 0 unspecified atom stereocenters. The number of carboxylic acid groups (broad SMARTS) is 1. The van der Waals surface area contributed by atoms with Crippen LogP contribution in [-0.2, 0) is 23.9 Å². The molecule has 9 rings (SSSR count). The molecule has 0 saturated carbocycles. The van der Waals surface area contributed by atoms with E-state index in [9.17, 15) is 19.5 Å². The first kappa shape index (κ1) is 75.0. The number of aliphatic carboxylic acids is 1. The average molecular weight is 1470 g/mol. The highest BCUT2D eigenvalue weighted by Crippen LogP contribution is 2.39. The van der Waals surface area contributed by atoms with Crippen LogP contribution in [0.3, 0.4) is 0 Å². The summed E-state index contributed by atoms with van der Waals surface area (Å²) < 4.78 is 10.8. The molecule has 3 atom stereocenters. The zero-order valence-electron chi connectivity index (χ0n) is 53.3. The zero-order valence-corrected chi connectivity index (χ0v) is 61.4. The van der Waals surface area contributed by atoms with E-state index in [0.29, 0.717) is 39.3 Å². The highest BCUT2D eigenvalue weighted by atomic mass is 79.9. The van der Waals surface area contributed by atoms with Crippen LogP contribution in [0.15, 0.2) is 92.0 Å². The van der Waals surface area contributed by atoms with Crippen molar-refractivity contribution in [3.05, 3.63) is 160 Å². The van der Waals surface area contributed by atoms with E-state index in [0.717, 1.165) is 134 Å². The van der Waals surface area contributed by atoms with Crippen molar-refractivity contribution in [1.82, 2.24) is 14.7 Å². The van der Waals surface area contributed by atoms with Gasteiger partial charge in [-0.25, -0.2) is 0 Å². The van der Waals surface area contributed by atoms with E-state index >= 15 is 0 Å². The van der Waals surface area contributed by atoms with Crippen molar-refractivity contribution >= 4 is 135 Å². The standard InChI is InChI=1S/C23H30BrNO2S2.C23H30N4O2S2.C20H25NO2S2.C3H7BrO/c1-17-8-14-28-21(17)20(22-18(2)9-15-29-22)7-4-12-25-11-3-6-19(16-25)23(26)27-13-5-10-24;1-17-8-14-30-21(17)20(22-18(2)9-15-31-22)7-4-12-27-11-3-6-19(16-27)23(28)29-13-5-10-25-26-24;1-14-7-11-24-18(14)17(19-15(2)8-12-25-19)6-4-10-21-9-3-5-16(13-21)20(22)23;4-2-1-3-5/h7-9,14-15,19H,3-6,10-13,16H2,1-2H3;7-9,14-15,19H,3-6,10-13,16H2,1-2H3;6-8,11-12,16H,3-5,9-10,13H2,1-2H3,(H,22,23);5H,1-3H2/t2*19-;16-;/m111./s1. The Labute approximate surface area is 575 Å². The smallest absolute Gasteiger partial charge is 0.310 e. The fourth-order valence-corrected chi connectivity index (χ4v) is 17.7. The molecule has 2 N–H and O–H groups in total. The number of alkyl halides is 2. The summed E-state index contributed by atoms with van der Waals surface area (Å²) in [7, 11) is 0. The van der Waals surface area contributed by atoms with Gasteiger partial charge in [-0.3, -0.25) is 14.4 Å². The third-order valence-electron chi connectivity index (χ3n) is 16.1. The van der Waals surface area contributed by atoms with Crippen molar-refractivity contribution in [1.29, 1.82) is 0 Å². The van der Waals surface area contributed by atoms with Gasteiger partial charge in [0.25, 0.3) is 0 Å². The van der Waals surface area contributed by atoms with Gasteiger partial charge >= 0.3 is 17.9 Å². The molecular formula is C69H92Br2N6O7S6. The van der Waals surface area contributed by atoms with Gasteiger partial charge in [0.2, 0.25) is 0 Å². The first-order chi connectivity index (χ1) is 43.7. The molecule has 3 aliphatic heterocycles. The minimum atomic E-state index is -0.649. The topological polar surface area (TPSA) is 169 Å². The molecule has 490 valence electrons. The number of hydrogen-bond donors (Lipinski definition) is 2. The molecule has 9 heterocycles. The molecule has 6 aromatic heterocycles. The summed E-state index contributed by atoms with van der Waals surface area (Å²) in [5.74, 6) is -1.02. The lowest BCUT2D eigenvalue weighted by molar-refractivity contribution is -0.151. The molecule has 0 aromatic carbocycles. The third-order valence-corrected chi connectivity index (χ3v) is 23.5. The lowest BCUT2D eigenvalue weighted by Crippen LogP contribution is -2.39. The SMILES string of the molecule is Cc1ccsc1C(=CCCN1CCC[C@@H](C(=O)O)C1)c1sccc1C.Cc1ccsc1C(=CCCN1CCC[C@@H](C(=O)OCCCBr)C1)c1sccc1C.Cc1ccsc1C(=CCCN1CCC[C@@H](C(=O)OCCCN=[N+]=[N-])C1)c1sccc1C.OCCCBr. The van der Waals surface area contributed by atoms with Crippen molar-refractivity contribution in [2.24, 2.45) is 22.9 Å². The summed E-state index contributed by atoms with van der Waals surface area (Å²) in [6.45, 7) is 22.8. The predicted octanol–water partition coefficient (Wildman–Crippen LogP) is 18.3. The van der Waals surface area contributed by atoms with Crippen LogP contribution in [-0.4, -0.2) is 139 Å². The number of aliphatic hydroxyl groups is 1. The zero-order chi connectivity index (χ0) is 64.6. The van der Waals surface area contributed by atoms with Gasteiger partial charge in [0.05, 0.1) is 31.0 Å². The second kappa shape index (κ2) is 41.6. The van der Waals surface area contributed by atoms with Gasteiger partial charge in [0, 0.05) is 114 Å². The Hall–Kier alpha value is -4.06. The number of hydrogen-bond acceptors (Lipinski definition) is 16. The summed E-state index contributed by atoms with van der Waals surface area (Å²) in [5, 5.41) is 35.5. The fraction of sp³-hybridized carbons (Fsp3) is 0.522. The van der Waals surface area contributed by atoms with Crippen LogP contribution in [0.1, 0.15) is 140 Å². The molecule has 90 heavy (non-hydrogen) atoms. The number of piperidine rings is 3. The van der Waals surface area contributed by atoms with Gasteiger partial charge in [-0.05, 0) is 246 Å². The normalized spacial score (nSPS) is 16.8. The maximum Gasteiger partial charge on any atom is 0.310 e. The number of halogens is 2. The number of carbonyl (C=O) groups excluding carboxylic acids is 2. The second-order valence-corrected chi connectivity index (χ2v) is 30.1. The second-order valence-electron chi connectivity index (χ2n) is 23.0. The Morgan fingerprint density at radius 3 is 1.11 bits per heavy atom.